The second-order valence-electron chi connectivity index (χ2n) is 4.47. The summed E-state index contributed by atoms with van der Waals surface area (Å²) in [7, 11) is 0. The van der Waals surface area contributed by atoms with Gasteiger partial charge in [-0.2, -0.15) is 11.8 Å². The number of aliphatic hydroxyl groups is 1. The molecule has 0 aliphatic carbocycles. The highest BCUT2D eigenvalue weighted by Crippen LogP contribution is 2.33. The quantitative estimate of drug-likeness (QED) is 0.784. The third kappa shape index (κ3) is 1.70. The van der Waals surface area contributed by atoms with Gasteiger partial charge >= 0.3 is 0 Å². The minimum Gasteiger partial charge on any atom is -0.391 e. The first-order chi connectivity index (χ1) is 7.34. The van der Waals surface area contributed by atoms with E-state index in [0.29, 0.717) is 5.92 Å². The van der Waals surface area contributed by atoms with Crippen LogP contribution in [0.4, 0.5) is 0 Å². The number of fused-ring (bicyclic) bond motifs is 1. The van der Waals surface area contributed by atoms with Crippen LogP contribution >= 0.6 is 11.8 Å². The highest BCUT2D eigenvalue weighted by Gasteiger charge is 2.26. The van der Waals surface area contributed by atoms with Gasteiger partial charge in [0.15, 0.2) is 0 Å². The summed E-state index contributed by atoms with van der Waals surface area (Å²) in [4.78, 5) is 4.55. The average molecular weight is 224 g/mol. The van der Waals surface area contributed by atoms with E-state index in [4.69, 9.17) is 0 Å². The number of imidazole rings is 1. The van der Waals surface area contributed by atoms with Crippen molar-refractivity contribution in [2.75, 3.05) is 11.5 Å². The van der Waals surface area contributed by atoms with Crippen molar-refractivity contribution in [1.82, 2.24) is 9.55 Å². The highest BCUT2D eigenvalue weighted by molar-refractivity contribution is 7.99. The maximum absolute atomic E-state index is 9.69. The van der Waals surface area contributed by atoms with Crippen molar-refractivity contribution >= 4 is 11.8 Å². The minimum absolute atomic E-state index is 0.167. The van der Waals surface area contributed by atoms with Gasteiger partial charge in [0.2, 0.25) is 0 Å². The van der Waals surface area contributed by atoms with Crippen LogP contribution in [-0.4, -0.2) is 32.3 Å². The van der Waals surface area contributed by atoms with E-state index in [1.165, 1.54) is 29.4 Å². The topological polar surface area (TPSA) is 38.1 Å². The molecule has 1 aromatic heterocycles. The summed E-state index contributed by atoms with van der Waals surface area (Å²) in [5.74, 6) is 4.30. The molecule has 4 heteroatoms. The van der Waals surface area contributed by atoms with Gasteiger partial charge in [-0.15, -0.1) is 0 Å². The zero-order valence-electron chi connectivity index (χ0n) is 8.72. The minimum atomic E-state index is -0.167. The number of rotatable bonds is 1. The van der Waals surface area contributed by atoms with Crippen LogP contribution < -0.4 is 0 Å². The van der Waals surface area contributed by atoms with Crippen LogP contribution in [0, 0.1) is 0 Å². The second kappa shape index (κ2) is 3.83. The molecular formula is C11H16N2OS. The van der Waals surface area contributed by atoms with Crippen molar-refractivity contribution in [2.24, 2.45) is 0 Å². The molecule has 0 saturated carbocycles. The van der Waals surface area contributed by atoms with Crippen molar-refractivity contribution in [1.29, 1.82) is 0 Å². The molecule has 0 amide bonds. The fourth-order valence-electron chi connectivity index (χ4n) is 2.52. The monoisotopic (exact) mass is 224 g/mol. The Bertz CT molecular complexity index is 357. The SMILES string of the molecule is OC1CCc2cnc(C3CCSC3)n2C1. The number of aryl methyl sites for hydroxylation is 1. The predicted octanol–water partition coefficient (Wildman–Crippen LogP) is 1.41. The molecule has 2 atom stereocenters. The summed E-state index contributed by atoms with van der Waals surface area (Å²) in [5.41, 5.74) is 1.31. The van der Waals surface area contributed by atoms with Gasteiger partial charge < -0.3 is 9.67 Å². The summed E-state index contributed by atoms with van der Waals surface area (Å²) < 4.78 is 2.25. The van der Waals surface area contributed by atoms with Crippen molar-refractivity contribution in [3.8, 4) is 0 Å². The molecule has 0 radical (unpaired) electrons. The summed E-state index contributed by atoms with van der Waals surface area (Å²) in [6, 6.07) is 0. The van der Waals surface area contributed by atoms with Gasteiger partial charge in [0.1, 0.15) is 5.82 Å². The summed E-state index contributed by atoms with van der Waals surface area (Å²) in [5, 5.41) is 9.69. The van der Waals surface area contributed by atoms with E-state index in [-0.39, 0.29) is 6.10 Å². The summed E-state index contributed by atoms with van der Waals surface area (Å²) >= 11 is 2.02. The largest absolute Gasteiger partial charge is 0.391 e. The molecule has 1 aromatic rings. The van der Waals surface area contributed by atoms with Crippen LogP contribution in [0.3, 0.4) is 0 Å². The Morgan fingerprint density at radius 3 is 3.20 bits per heavy atom. The lowest BCUT2D eigenvalue weighted by molar-refractivity contribution is 0.129. The fraction of sp³-hybridized carbons (Fsp3) is 0.727. The van der Waals surface area contributed by atoms with E-state index >= 15 is 0 Å². The maximum atomic E-state index is 9.69. The van der Waals surface area contributed by atoms with Gasteiger partial charge in [0.05, 0.1) is 12.6 Å². The van der Waals surface area contributed by atoms with Gasteiger partial charge in [-0.05, 0) is 25.0 Å². The van der Waals surface area contributed by atoms with Gasteiger partial charge in [0, 0.05) is 23.6 Å². The molecular weight excluding hydrogens is 208 g/mol. The maximum Gasteiger partial charge on any atom is 0.112 e. The molecule has 3 nitrogen and oxygen atoms in total. The highest BCUT2D eigenvalue weighted by atomic mass is 32.2. The third-order valence-electron chi connectivity index (χ3n) is 3.39. The molecule has 1 saturated heterocycles. The molecule has 0 aromatic carbocycles. The molecule has 0 spiro atoms. The van der Waals surface area contributed by atoms with Crippen molar-refractivity contribution in [3.63, 3.8) is 0 Å². The molecule has 15 heavy (non-hydrogen) atoms. The number of thioether (sulfide) groups is 1. The Morgan fingerprint density at radius 1 is 1.47 bits per heavy atom. The molecule has 1 fully saturated rings. The molecule has 0 bridgehead atoms. The number of nitrogens with zero attached hydrogens (tertiary/aromatic N) is 2. The average Bonchev–Trinajstić information content (AvgIpc) is 2.83. The third-order valence-corrected chi connectivity index (χ3v) is 4.55. The smallest absolute Gasteiger partial charge is 0.112 e. The lowest BCUT2D eigenvalue weighted by Crippen LogP contribution is -2.26. The van der Waals surface area contributed by atoms with Gasteiger partial charge in [-0.25, -0.2) is 4.98 Å². The van der Waals surface area contributed by atoms with Crippen molar-refractivity contribution in [2.45, 2.75) is 37.8 Å². The normalized spacial score (nSPS) is 30.5. The van der Waals surface area contributed by atoms with Crippen molar-refractivity contribution < 1.29 is 5.11 Å². The van der Waals surface area contributed by atoms with Gasteiger partial charge in [0.25, 0.3) is 0 Å². The standard InChI is InChI=1S/C11H16N2OS/c14-10-2-1-9-5-12-11(13(9)6-10)8-3-4-15-7-8/h5,8,10,14H,1-4,6-7H2. The Kier molecular flexibility index (Phi) is 2.48. The molecule has 2 aliphatic heterocycles. The Balaban J connectivity index is 1.92. The predicted molar refractivity (Wildman–Crippen MR) is 61.2 cm³/mol. The molecule has 3 rings (SSSR count). The fourth-order valence-corrected chi connectivity index (χ4v) is 3.74. The van der Waals surface area contributed by atoms with Crippen LogP contribution in [0.2, 0.25) is 0 Å². The number of aromatic nitrogens is 2. The summed E-state index contributed by atoms with van der Waals surface area (Å²) in [6.45, 7) is 0.756. The first-order valence-corrected chi connectivity index (χ1v) is 6.80. The Hall–Kier alpha value is -0.480. The van der Waals surface area contributed by atoms with Crippen LogP contribution in [0.15, 0.2) is 6.20 Å². The van der Waals surface area contributed by atoms with E-state index in [1.54, 1.807) is 0 Å². The van der Waals surface area contributed by atoms with Gasteiger partial charge in [-0.3, -0.25) is 0 Å². The van der Waals surface area contributed by atoms with Crippen LogP contribution in [0.1, 0.15) is 30.3 Å². The first kappa shape index (κ1) is 9.73. The Labute approximate surface area is 93.9 Å². The van der Waals surface area contributed by atoms with Crippen molar-refractivity contribution in [3.05, 3.63) is 17.7 Å². The first-order valence-electron chi connectivity index (χ1n) is 5.64. The van der Waals surface area contributed by atoms with E-state index in [1.807, 2.05) is 18.0 Å². The molecule has 82 valence electrons. The van der Waals surface area contributed by atoms with E-state index in [9.17, 15) is 5.11 Å². The summed E-state index contributed by atoms with van der Waals surface area (Å²) in [6.07, 6.45) is 4.96. The van der Waals surface area contributed by atoms with Crippen LogP contribution in [0.5, 0.6) is 0 Å². The number of hydrogen-bond acceptors (Lipinski definition) is 3. The lowest BCUT2D eigenvalue weighted by atomic mass is 10.1. The van der Waals surface area contributed by atoms with Crippen LogP contribution in [-0.2, 0) is 13.0 Å². The molecule has 3 heterocycles. The lowest BCUT2D eigenvalue weighted by Gasteiger charge is -2.23. The Morgan fingerprint density at radius 2 is 2.40 bits per heavy atom. The zero-order chi connectivity index (χ0) is 10.3. The number of hydrogen-bond donors (Lipinski definition) is 1. The van der Waals surface area contributed by atoms with Crippen LogP contribution in [0.25, 0.3) is 0 Å². The zero-order valence-corrected chi connectivity index (χ0v) is 9.54. The second-order valence-corrected chi connectivity index (χ2v) is 5.62. The molecule has 1 N–H and O–H groups in total. The number of aliphatic hydroxyl groups excluding tert-OH is 1. The van der Waals surface area contributed by atoms with Gasteiger partial charge in [-0.1, -0.05) is 0 Å². The van der Waals surface area contributed by atoms with E-state index in [0.717, 1.165) is 19.4 Å². The van der Waals surface area contributed by atoms with E-state index < -0.39 is 0 Å². The van der Waals surface area contributed by atoms with E-state index in [2.05, 4.69) is 9.55 Å². The molecule has 2 unspecified atom stereocenters. The molecule has 2 aliphatic rings.